The lowest BCUT2D eigenvalue weighted by Gasteiger charge is -2.16. The maximum absolute atomic E-state index is 14.5. The Labute approximate surface area is 197 Å². The average molecular weight is 482 g/mol. The van der Waals surface area contributed by atoms with Gasteiger partial charge in [-0.25, -0.2) is 8.78 Å². The zero-order chi connectivity index (χ0) is 23.8. The number of nitrogens with zero attached hydrogens (tertiary/aromatic N) is 1. The molecule has 0 bridgehead atoms. The summed E-state index contributed by atoms with van der Waals surface area (Å²) in [5, 5.41) is 16.5. The van der Waals surface area contributed by atoms with Crippen molar-refractivity contribution < 1.29 is 18.7 Å². The normalized spacial score (nSPS) is 17.7. The summed E-state index contributed by atoms with van der Waals surface area (Å²) in [4.78, 5) is 26.8. The predicted octanol–water partition coefficient (Wildman–Crippen LogP) is 4.72. The first kappa shape index (κ1) is 22.2. The van der Waals surface area contributed by atoms with E-state index < -0.39 is 23.6 Å². The van der Waals surface area contributed by atoms with Gasteiger partial charge in [0, 0.05) is 17.5 Å². The van der Waals surface area contributed by atoms with E-state index >= 15 is 0 Å². The number of aromatic nitrogens is 1. The third kappa shape index (κ3) is 4.08. The van der Waals surface area contributed by atoms with Crippen molar-refractivity contribution in [2.75, 3.05) is 5.32 Å². The highest BCUT2D eigenvalue weighted by Crippen LogP contribution is 2.38. The molecule has 2 heterocycles. The number of thiophene rings is 1. The lowest BCUT2D eigenvalue weighted by Crippen LogP contribution is -2.39. The van der Waals surface area contributed by atoms with Gasteiger partial charge in [0.2, 0.25) is 0 Å². The number of anilines is 2. The minimum Gasteiger partial charge on any atom is -0.391 e. The fraction of sp³-hybridized carbons (Fsp3) is 0.200. The van der Waals surface area contributed by atoms with Crippen molar-refractivity contribution in [2.45, 2.75) is 31.4 Å². The number of hydrogen-bond acceptors (Lipinski definition) is 5. The Morgan fingerprint density at radius 3 is 2.56 bits per heavy atom. The van der Waals surface area contributed by atoms with Crippen LogP contribution < -0.4 is 16.2 Å². The molecule has 9 heteroatoms. The number of amides is 1. The highest BCUT2D eigenvalue weighted by molar-refractivity contribution is 7.21. The van der Waals surface area contributed by atoms with Crippen LogP contribution in [0.15, 0.2) is 65.5 Å². The van der Waals surface area contributed by atoms with Crippen molar-refractivity contribution in [3.8, 4) is 5.69 Å². The van der Waals surface area contributed by atoms with Crippen LogP contribution in [0, 0.1) is 11.6 Å². The molecule has 0 aliphatic heterocycles. The van der Waals surface area contributed by atoms with Crippen LogP contribution in [0.4, 0.5) is 20.2 Å². The molecule has 2 aromatic heterocycles. The summed E-state index contributed by atoms with van der Waals surface area (Å²) >= 11 is 1.09. The number of pyridine rings is 1. The summed E-state index contributed by atoms with van der Waals surface area (Å²) in [5.74, 6) is -1.97. The van der Waals surface area contributed by atoms with E-state index in [0.29, 0.717) is 34.4 Å². The molecule has 2 atom stereocenters. The van der Waals surface area contributed by atoms with Crippen LogP contribution in [0.2, 0.25) is 0 Å². The number of halogens is 2. The van der Waals surface area contributed by atoms with Crippen molar-refractivity contribution in [1.29, 1.82) is 0 Å². The molecule has 5 rings (SSSR count). The van der Waals surface area contributed by atoms with Crippen LogP contribution in [0.5, 0.6) is 0 Å². The second-order valence-corrected chi connectivity index (χ2v) is 9.19. The monoisotopic (exact) mass is 481 g/mol. The molecular formula is C25H21F2N3O3S. The van der Waals surface area contributed by atoms with E-state index in [2.05, 4.69) is 10.6 Å². The van der Waals surface area contributed by atoms with Crippen molar-refractivity contribution in [3.63, 3.8) is 0 Å². The molecule has 6 nitrogen and oxygen atoms in total. The van der Waals surface area contributed by atoms with E-state index in [1.165, 1.54) is 16.7 Å². The smallest absolute Gasteiger partial charge is 0.263 e. The Morgan fingerprint density at radius 2 is 1.85 bits per heavy atom. The molecule has 0 spiro atoms. The van der Waals surface area contributed by atoms with Gasteiger partial charge in [0.25, 0.3) is 11.5 Å². The number of aliphatic hydroxyl groups is 1. The molecule has 174 valence electrons. The Balaban J connectivity index is 1.67. The Bertz CT molecular complexity index is 1430. The number of aliphatic hydroxyl groups excluding tert-OH is 1. The van der Waals surface area contributed by atoms with E-state index in [4.69, 9.17) is 0 Å². The molecule has 1 aliphatic carbocycles. The number of para-hydroxylation sites is 1. The van der Waals surface area contributed by atoms with Gasteiger partial charge in [0.15, 0.2) is 0 Å². The number of carbonyl (C=O) groups excluding carboxylic acids is 1. The minimum absolute atomic E-state index is 0.00601. The fourth-order valence-corrected chi connectivity index (χ4v) is 5.43. The topological polar surface area (TPSA) is 83.4 Å². The molecule has 34 heavy (non-hydrogen) atoms. The van der Waals surface area contributed by atoms with Gasteiger partial charge in [-0.2, -0.15) is 0 Å². The fourth-order valence-electron chi connectivity index (χ4n) is 4.26. The summed E-state index contributed by atoms with van der Waals surface area (Å²) in [5.41, 5.74) is 0.642. The van der Waals surface area contributed by atoms with Crippen molar-refractivity contribution >= 4 is 38.8 Å². The van der Waals surface area contributed by atoms with E-state index in [9.17, 15) is 23.5 Å². The summed E-state index contributed by atoms with van der Waals surface area (Å²) < 4.78 is 29.4. The third-order valence-electron chi connectivity index (χ3n) is 5.95. The van der Waals surface area contributed by atoms with Gasteiger partial charge in [-0.05, 0) is 49.6 Å². The Morgan fingerprint density at radius 1 is 1.06 bits per heavy atom. The summed E-state index contributed by atoms with van der Waals surface area (Å²) in [7, 11) is 0. The SMILES string of the molecule is O=C(NC1CCCC1O)c1sc2c(ccc(=O)n2-c2ccccc2)c1Nc1ccc(F)cc1F. The van der Waals surface area contributed by atoms with Gasteiger partial charge < -0.3 is 15.7 Å². The highest BCUT2D eigenvalue weighted by Gasteiger charge is 2.29. The molecule has 3 N–H and O–H groups in total. The molecule has 1 amide bonds. The third-order valence-corrected chi connectivity index (χ3v) is 7.14. The number of rotatable bonds is 5. The van der Waals surface area contributed by atoms with Gasteiger partial charge in [-0.3, -0.25) is 14.2 Å². The van der Waals surface area contributed by atoms with Crippen LogP contribution in [-0.4, -0.2) is 27.7 Å². The first-order valence-electron chi connectivity index (χ1n) is 10.9. The molecule has 1 fully saturated rings. The number of benzene rings is 2. The molecule has 0 saturated heterocycles. The number of nitrogens with one attached hydrogen (secondary N) is 2. The molecule has 1 saturated carbocycles. The van der Waals surface area contributed by atoms with Crippen molar-refractivity contribution in [2.24, 2.45) is 0 Å². The quantitative estimate of drug-likeness (QED) is 0.385. The molecule has 4 aromatic rings. The van der Waals surface area contributed by atoms with Crippen LogP contribution in [0.1, 0.15) is 28.9 Å². The van der Waals surface area contributed by atoms with Gasteiger partial charge in [0.1, 0.15) is 21.3 Å². The van der Waals surface area contributed by atoms with E-state index in [-0.39, 0.29) is 22.2 Å². The summed E-state index contributed by atoms with van der Waals surface area (Å²) in [6.45, 7) is 0. The number of hydrogen-bond donors (Lipinski definition) is 3. The Hall–Kier alpha value is -3.56. The zero-order valence-corrected chi connectivity index (χ0v) is 18.7. The van der Waals surface area contributed by atoms with Gasteiger partial charge in [0.05, 0.1) is 29.2 Å². The average Bonchev–Trinajstić information content (AvgIpc) is 3.39. The first-order valence-corrected chi connectivity index (χ1v) is 11.7. The lowest BCUT2D eigenvalue weighted by atomic mass is 10.2. The first-order chi connectivity index (χ1) is 16.4. The van der Waals surface area contributed by atoms with Crippen LogP contribution >= 0.6 is 11.3 Å². The van der Waals surface area contributed by atoms with Crippen LogP contribution in [0.3, 0.4) is 0 Å². The second kappa shape index (κ2) is 9.00. The Kier molecular flexibility index (Phi) is 5.89. The minimum atomic E-state index is -0.812. The summed E-state index contributed by atoms with van der Waals surface area (Å²) in [6, 6.07) is 14.7. The zero-order valence-electron chi connectivity index (χ0n) is 17.9. The largest absolute Gasteiger partial charge is 0.391 e. The second-order valence-electron chi connectivity index (χ2n) is 8.19. The standard InChI is InChI=1S/C25H21F2N3O3S/c26-14-9-11-18(17(27)13-14)28-22-16-10-12-21(32)30(15-5-2-1-3-6-15)25(16)34-23(22)24(33)29-19-7-4-8-20(19)31/h1-3,5-6,9-13,19-20,28,31H,4,7-8H2,(H,29,33). The molecule has 1 aliphatic rings. The number of carbonyl (C=O) groups is 1. The van der Waals surface area contributed by atoms with E-state index in [1.807, 2.05) is 6.07 Å². The van der Waals surface area contributed by atoms with Crippen LogP contribution in [-0.2, 0) is 0 Å². The van der Waals surface area contributed by atoms with E-state index in [1.54, 1.807) is 30.3 Å². The molecule has 2 unspecified atom stereocenters. The van der Waals surface area contributed by atoms with Crippen molar-refractivity contribution in [3.05, 3.63) is 87.5 Å². The van der Waals surface area contributed by atoms with E-state index in [0.717, 1.165) is 29.9 Å². The van der Waals surface area contributed by atoms with Gasteiger partial charge in [-0.1, -0.05) is 18.2 Å². The number of fused-ring (bicyclic) bond motifs is 1. The molecular weight excluding hydrogens is 460 g/mol. The molecule has 2 aromatic carbocycles. The highest BCUT2D eigenvalue weighted by atomic mass is 32.1. The van der Waals surface area contributed by atoms with Crippen LogP contribution in [0.25, 0.3) is 15.9 Å². The van der Waals surface area contributed by atoms with Gasteiger partial charge in [-0.15, -0.1) is 11.3 Å². The van der Waals surface area contributed by atoms with Crippen molar-refractivity contribution in [1.82, 2.24) is 9.88 Å². The van der Waals surface area contributed by atoms with Gasteiger partial charge >= 0.3 is 0 Å². The molecule has 0 radical (unpaired) electrons. The maximum Gasteiger partial charge on any atom is 0.263 e. The lowest BCUT2D eigenvalue weighted by molar-refractivity contribution is 0.0878. The maximum atomic E-state index is 14.5. The predicted molar refractivity (Wildman–Crippen MR) is 128 cm³/mol. The summed E-state index contributed by atoms with van der Waals surface area (Å²) in [6.07, 6.45) is 1.43.